The number of anilines is 1. The Kier molecular flexibility index (Phi) is 4.48. The van der Waals surface area contributed by atoms with E-state index in [1.165, 1.54) is 0 Å². The highest BCUT2D eigenvalue weighted by atomic mass is 32.2. The van der Waals surface area contributed by atoms with Gasteiger partial charge in [0.25, 0.3) is 5.91 Å². The van der Waals surface area contributed by atoms with Gasteiger partial charge in [0.1, 0.15) is 0 Å². The summed E-state index contributed by atoms with van der Waals surface area (Å²) in [6, 6.07) is 16.6. The average molecular weight is 324 g/mol. The number of rotatable bonds is 4. The van der Waals surface area contributed by atoms with E-state index in [9.17, 15) is 9.00 Å². The SMILES string of the molecule is C[S@](=O)Cc1ccccc1NC(=O)c1cccc2ncccc12. The van der Waals surface area contributed by atoms with E-state index in [-0.39, 0.29) is 5.91 Å². The van der Waals surface area contributed by atoms with Crippen LogP contribution in [0.1, 0.15) is 15.9 Å². The molecule has 3 aromatic rings. The van der Waals surface area contributed by atoms with E-state index in [1.807, 2.05) is 48.5 Å². The van der Waals surface area contributed by atoms with Crippen LogP contribution in [0.15, 0.2) is 60.8 Å². The number of benzene rings is 2. The van der Waals surface area contributed by atoms with Crippen LogP contribution in [-0.4, -0.2) is 21.4 Å². The van der Waals surface area contributed by atoms with E-state index in [4.69, 9.17) is 0 Å². The number of amides is 1. The molecule has 1 aromatic heterocycles. The first-order valence-electron chi connectivity index (χ1n) is 7.18. The second kappa shape index (κ2) is 6.71. The minimum atomic E-state index is -0.970. The highest BCUT2D eigenvalue weighted by Gasteiger charge is 2.12. The molecule has 5 heteroatoms. The van der Waals surface area contributed by atoms with Gasteiger partial charge in [-0.3, -0.25) is 14.0 Å². The van der Waals surface area contributed by atoms with E-state index < -0.39 is 10.8 Å². The number of hydrogen-bond acceptors (Lipinski definition) is 3. The van der Waals surface area contributed by atoms with Gasteiger partial charge < -0.3 is 5.32 Å². The Labute approximate surface area is 137 Å². The molecule has 0 aliphatic rings. The molecule has 0 fully saturated rings. The summed E-state index contributed by atoms with van der Waals surface area (Å²) < 4.78 is 11.5. The van der Waals surface area contributed by atoms with E-state index in [0.29, 0.717) is 17.0 Å². The summed E-state index contributed by atoms with van der Waals surface area (Å²) in [6.07, 6.45) is 3.35. The van der Waals surface area contributed by atoms with Crippen LogP contribution >= 0.6 is 0 Å². The first kappa shape index (κ1) is 15.4. The Bertz CT molecular complexity index is 888. The molecule has 1 atom stereocenters. The number of carbonyl (C=O) groups excluding carboxylic acids is 1. The van der Waals surface area contributed by atoms with Crippen LogP contribution in [0.5, 0.6) is 0 Å². The topological polar surface area (TPSA) is 59.1 Å². The third kappa shape index (κ3) is 3.46. The number of aromatic nitrogens is 1. The van der Waals surface area contributed by atoms with E-state index >= 15 is 0 Å². The molecule has 0 unspecified atom stereocenters. The van der Waals surface area contributed by atoms with Gasteiger partial charge in [-0.15, -0.1) is 0 Å². The maximum atomic E-state index is 12.7. The van der Waals surface area contributed by atoms with Gasteiger partial charge >= 0.3 is 0 Å². The minimum Gasteiger partial charge on any atom is -0.322 e. The summed E-state index contributed by atoms with van der Waals surface area (Å²) in [5.74, 6) is 0.214. The van der Waals surface area contributed by atoms with Crippen LogP contribution < -0.4 is 5.32 Å². The Hall–Kier alpha value is -2.53. The molecule has 116 valence electrons. The lowest BCUT2D eigenvalue weighted by molar-refractivity contribution is 0.102. The van der Waals surface area contributed by atoms with E-state index in [0.717, 1.165) is 16.5 Å². The predicted octanol–water partition coefficient (Wildman–Crippen LogP) is 3.37. The molecule has 1 N–H and O–H groups in total. The predicted molar refractivity (Wildman–Crippen MR) is 93.9 cm³/mol. The fourth-order valence-corrected chi connectivity index (χ4v) is 3.17. The fourth-order valence-electron chi connectivity index (χ4n) is 2.48. The Morgan fingerprint density at radius 1 is 1.09 bits per heavy atom. The molecule has 1 heterocycles. The Morgan fingerprint density at radius 3 is 2.74 bits per heavy atom. The van der Waals surface area contributed by atoms with Gasteiger partial charge in [-0.25, -0.2) is 0 Å². The van der Waals surface area contributed by atoms with E-state index in [2.05, 4.69) is 10.3 Å². The lowest BCUT2D eigenvalue weighted by Gasteiger charge is -2.11. The van der Waals surface area contributed by atoms with Gasteiger partial charge in [0, 0.05) is 39.9 Å². The molecule has 0 aliphatic heterocycles. The number of pyridine rings is 1. The third-order valence-corrected chi connectivity index (χ3v) is 4.23. The van der Waals surface area contributed by atoms with Crippen LogP contribution in [-0.2, 0) is 16.6 Å². The zero-order valence-electron chi connectivity index (χ0n) is 12.7. The molecule has 4 nitrogen and oxygen atoms in total. The van der Waals surface area contributed by atoms with Crippen LogP contribution in [0.2, 0.25) is 0 Å². The molecule has 0 spiro atoms. The van der Waals surface area contributed by atoms with Crippen molar-refractivity contribution in [3.8, 4) is 0 Å². The lowest BCUT2D eigenvalue weighted by Crippen LogP contribution is -2.14. The number of fused-ring (bicyclic) bond motifs is 1. The fraction of sp³-hybridized carbons (Fsp3) is 0.111. The highest BCUT2D eigenvalue weighted by Crippen LogP contribution is 2.21. The first-order chi connectivity index (χ1) is 11.1. The van der Waals surface area contributed by atoms with Crippen LogP contribution in [0.25, 0.3) is 10.9 Å². The van der Waals surface area contributed by atoms with Gasteiger partial charge in [0.05, 0.1) is 11.3 Å². The molecule has 2 aromatic carbocycles. The van der Waals surface area contributed by atoms with Crippen LogP contribution in [0.3, 0.4) is 0 Å². The summed E-state index contributed by atoms with van der Waals surface area (Å²) in [4.78, 5) is 16.9. The van der Waals surface area contributed by atoms with Crippen molar-refractivity contribution in [2.45, 2.75) is 5.75 Å². The van der Waals surface area contributed by atoms with Crippen molar-refractivity contribution in [2.24, 2.45) is 0 Å². The molecule has 0 bridgehead atoms. The average Bonchev–Trinajstić information content (AvgIpc) is 2.55. The van der Waals surface area contributed by atoms with Crippen molar-refractivity contribution in [3.63, 3.8) is 0 Å². The van der Waals surface area contributed by atoms with Crippen molar-refractivity contribution >= 4 is 33.3 Å². The minimum absolute atomic E-state index is 0.196. The number of nitrogens with one attached hydrogen (secondary N) is 1. The van der Waals surface area contributed by atoms with Crippen molar-refractivity contribution in [3.05, 3.63) is 71.9 Å². The summed E-state index contributed by atoms with van der Waals surface area (Å²) in [5.41, 5.74) is 2.90. The summed E-state index contributed by atoms with van der Waals surface area (Å²) >= 11 is 0. The lowest BCUT2D eigenvalue weighted by atomic mass is 10.1. The molecule has 0 saturated heterocycles. The molecule has 1 amide bonds. The number of carbonyl (C=O) groups is 1. The third-order valence-electron chi connectivity index (χ3n) is 3.51. The number of hydrogen-bond donors (Lipinski definition) is 1. The largest absolute Gasteiger partial charge is 0.322 e. The zero-order valence-corrected chi connectivity index (χ0v) is 13.5. The Balaban J connectivity index is 1.94. The smallest absolute Gasteiger partial charge is 0.256 e. The van der Waals surface area contributed by atoms with Crippen molar-refractivity contribution in [1.82, 2.24) is 4.98 Å². The van der Waals surface area contributed by atoms with Crippen LogP contribution in [0, 0.1) is 0 Å². The number of para-hydroxylation sites is 1. The molecule has 0 aliphatic carbocycles. The second-order valence-corrected chi connectivity index (χ2v) is 6.64. The quantitative estimate of drug-likeness (QED) is 0.800. The molecule has 0 saturated carbocycles. The molecule has 3 rings (SSSR count). The standard InChI is InChI=1S/C18H16N2O2S/c1-23(22)12-13-6-2-3-9-16(13)20-18(21)15-7-4-10-17-14(15)8-5-11-19-17/h2-11H,12H2,1H3,(H,20,21)/t23-/m0/s1. The van der Waals surface area contributed by atoms with Crippen molar-refractivity contribution in [1.29, 1.82) is 0 Å². The second-order valence-electron chi connectivity index (χ2n) is 5.20. The van der Waals surface area contributed by atoms with E-state index in [1.54, 1.807) is 18.5 Å². The van der Waals surface area contributed by atoms with Crippen molar-refractivity contribution in [2.75, 3.05) is 11.6 Å². The normalized spacial score (nSPS) is 12.0. The Morgan fingerprint density at radius 2 is 1.91 bits per heavy atom. The van der Waals surface area contributed by atoms with Crippen molar-refractivity contribution < 1.29 is 9.00 Å². The van der Waals surface area contributed by atoms with Gasteiger partial charge in [-0.05, 0) is 29.8 Å². The monoisotopic (exact) mass is 324 g/mol. The maximum absolute atomic E-state index is 12.7. The summed E-state index contributed by atoms with van der Waals surface area (Å²) in [5, 5.41) is 3.73. The van der Waals surface area contributed by atoms with Gasteiger partial charge in [0.2, 0.25) is 0 Å². The van der Waals surface area contributed by atoms with Gasteiger partial charge in [-0.1, -0.05) is 30.3 Å². The number of nitrogens with zero attached hydrogens (tertiary/aromatic N) is 1. The first-order valence-corrected chi connectivity index (χ1v) is 8.91. The van der Waals surface area contributed by atoms with Gasteiger partial charge in [-0.2, -0.15) is 0 Å². The highest BCUT2D eigenvalue weighted by molar-refractivity contribution is 7.83. The van der Waals surface area contributed by atoms with Crippen LogP contribution in [0.4, 0.5) is 5.69 Å². The summed E-state index contributed by atoms with van der Waals surface area (Å²) in [6.45, 7) is 0. The molecule has 23 heavy (non-hydrogen) atoms. The molecular formula is C18H16N2O2S. The molecular weight excluding hydrogens is 308 g/mol. The zero-order chi connectivity index (χ0) is 16.2. The summed E-state index contributed by atoms with van der Waals surface area (Å²) in [7, 11) is -0.970. The maximum Gasteiger partial charge on any atom is 0.256 e. The van der Waals surface area contributed by atoms with Gasteiger partial charge in [0.15, 0.2) is 0 Å². The molecule has 0 radical (unpaired) electrons.